The van der Waals surface area contributed by atoms with Crippen molar-refractivity contribution in [3.8, 4) is 5.75 Å². The molecule has 1 atom stereocenters. The molecule has 2 heterocycles. The van der Waals surface area contributed by atoms with Gasteiger partial charge in [-0.3, -0.25) is 9.69 Å². The minimum atomic E-state index is -0.0751. The average Bonchev–Trinajstić information content (AvgIpc) is 3.38. The maximum absolute atomic E-state index is 12.3. The summed E-state index contributed by atoms with van der Waals surface area (Å²) in [4.78, 5) is 17.1. The van der Waals surface area contributed by atoms with Gasteiger partial charge in [0.05, 0.1) is 6.04 Å². The van der Waals surface area contributed by atoms with Crippen molar-refractivity contribution in [2.24, 2.45) is 0 Å². The maximum atomic E-state index is 12.3. The first-order chi connectivity index (χ1) is 13.7. The van der Waals surface area contributed by atoms with Crippen molar-refractivity contribution < 1.29 is 9.53 Å². The van der Waals surface area contributed by atoms with Gasteiger partial charge in [-0.1, -0.05) is 30.3 Å². The van der Waals surface area contributed by atoms with Crippen LogP contribution in [0.5, 0.6) is 5.75 Å². The number of anilines is 1. The summed E-state index contributed by atoms with van der Waals surface area (Å²) in [7, 11) is 2.15. The fraction of sp³-hybridized carbons (Fsp3) is 0.435. The van der Waals surface area contributed by atoms with Crippen LogP contribution in [0.25, 0.3) is 0 Å². The lowest BCUT2D eigenvalue weighted by Crippen LogP contribution is -2.38. The van der Waals surface area contributed by atoms with Crippen LogP contribution in [0, 0.1) is 0 Å². The van der Waals surface area contributed by atoms with Gasteiger partial charge in [-0.15, -0.1) is 0 Å². The molecule has 0 radical (unpaired) electrons. The molecule has 0 aromatic heterocycles. The summed E-state index contributed by atoms with van der Waals surface area (Å²) in [6, 6.07) is 16.5. The van der Waals surface area contributed by atoms with Crippen molar-refractivity contribution in [3.05, 3.63) is 59.7 Å². The lowest BCUT2D eigenvalue weighted by Gasteiger charge is -2.29. The number of para-hydroxylation sites is 1. The summed E-state index contributed by atoms with van der Waals surface area (Å²) in [5.74, 6) is 0.644. The van der Waals surface area contributed by atoms with Crippen LogP contribution in [0.3, 0.4) is 0 Å². The third-order valence-corrected chi connectivity index (χ3v) is 5.80. The van der Waals surface area contributed by atoms with E-state index in [4.69, 9.17) is 4.74 Å². The van der Waals surface area contributed by atoms with E-state index in [1.807, 2.05) is 30.3 Å². The van der Waals surface area contributed by atoms with Crippen LogP contribution in [0.2, 0.25) is 0 Å². The molecule has 5 heteroatoms. The highest BCUT2D eigenvalue weighted by molar-refractivity contribution is 5.77. The van der Waals surface area contributed by atoms with E-state index in [1.54, 1.807) is 0 Å². The van der Waals surface area contributed by atoms with Crippen molar-refractivity contribution >= 4 is 11.6 Å². The molecule has 0 saturated carbocycles. The van der Waals surface area contributed by atoms with Crippen molar-refractivity contribution in [2.45, 2.75) is 25.3 Å². The molecule has 1 saturated heterocycles. The van der Waals surface area contributed by atoms with E-state index in [0.717, 1.165) is 31.8 Å². The molecule has 2 aliphatic rings. The molecule has 2 aliphatic heterocycles. The van der Waals surface area contributed by atoms with Gasteiger partial charge < -0.3 is 15.0 Å². The summed E-state index contributed by atoms with van der Waals surface area (Å²) < 4.78 is 5.57. The van der Waals surface area contributed by atoms with E-state index in [2.05, 4.69) is 40.4 Å². The zero-order valence-electron chi connectivity index (χ0n) is 16.6. The molecule has 2 aromatic rings. The van der Waals surface area contributed by atoms with Crippen LogP contribution in [0.1, 0.15) is 30.0 Å². The molecule has 4 rings (SSSR count). The second-order valence-corrected chi connectivity index (χ2v) is 7.72. The van der Waals surface area contributed by atoms with Crippen molar-refractivity contribution in [1.82, 2.24) is 10.2 Å². The molecule has 28 heavy (non-hydrogen) atoms. The predicted octanol–water partition coefficient (Wildman–Crippen LogP) is 3.01. The quantitative estimate of drug-likeness (QED) is 0.803. The van der Waals surface area contributed by atoms with E-state index in [1.165, 1.54) is 29.7 Å². The highest BCUT2D eigenvalue weighted by Crippen LogP contribution is 2.32. The Bertz CT molecular complexity index is 803. The topological polar surface area (TPSA) is 44.8 Å². The Hall–Kier alpha value is -2.53. The first-order valence-electron chi connectivity index (χ1n) is 10.2. The summed E-state index contributed by atoms with van der Waals surface area (Å²) in [6.07, 6.45) is 3.56. The number of ether oxygens (including phenoxy) is 1. The molecule has 1 amide bonds. The highest BCUT2D eigenvalue weighted by atomic mass is 16.5. The number of benzene rings is 2. The number of likely N-dealkylation sites (N-methyl/N-ethyl adjacent to an activating group) is 1. The number of fused-ring (bicyclic) bond motifs is 1. The molecule has 1 fully saturated rings. The number of amides is 1. The molecule has 0 bridgehead atoms. The standard InChI is InChI=1S/C23H29N3O2/c1-25-14-11-19-15-18(9-10-21(19)25)22(26-12-5-6-13-26)16-24-23(27)17-28-20-7-3-2-4-8-20/h2-4,7-10,15,22H,5-6,11-14,16-17H2,1H3,(H,24,27)/t22-/m0/s1. The third-order valence-electron chi connectivity index (χ3n) is 5.80. The second kappa shape index (κ2) is 8.65. The van der Waals surface area contributed by atoms with Crippen LogP contribution in [0.4, 0.5) is 5.69 Å². The molecule has 0 unspecified atom stereocenters. The van der Waals surface area contributed by atoms with Gasteiger partial charge in [0.15, 0.2) is 6.61 Å². The molecule has 148 valence electrons. The Balaban J connectivity index is 1.40. The zero-order valence-corrected chi connectivity index (χ0v) is 16.6. The van der Waals surface area contributed by atoms with Gasteiger partial charge in [-0.2, -0.15) is 0 Å². The Kier molecular flexibility index (Phi) is 5.81. The Morgan fingerprint density at radius 2 is 1.89 bits per heavy atom. The second-order valence-electron chi connectivity index (χ2n) is 7.72. The van der Waals surface area contributed by atoms with Crippen LogP contribution < -0.4 is 15.0 Å². The van der Waals surface area contributed by atoms with E-state index in [0.29, 0.717) is 6.54 Å². The molecular weight excluding hydrogens is 350 g/mol. The van der Waals surface area contributed by atoms with Gasteiger partial charge in [-0.05, 0) is 61.7 Å². The van der Waals surface area contributed by atoms with E-state index >= 15 is 0 Å². The van der Waals surface area contributed by atoms with Gasteiger partial charge in [0.1, 0.15) is 5.75 Å². The number of rotatable bonds is 7. The number of hydrogen-bond donors (Lipinski definition) is 1. The first kappa shape index (κ1) is 18.8. The Morgan fingerprint density at radius 3 is 2.68 bits per heavy atom. The van der Waals surface area contributed by atoms with Gasteiger partial charge in [0.2, 0.25) is 0 Å². The number of carbonyl (C=O) groups is 1. The van der Waals surface area contributed by atoms with Crippen molar-refractivity contribution in [3.63, 3.8) is 0 Å². The van der Waals surface area contributed by atoms with Crippen molar-refractivity contribution in [2.75, 3.05) is 44.7 Å². The molecule has 5 nitrogen and oxygen atoms in total. The Labute approximate surface area is 167 Å². The third kappa shape index (κ3) is 4.30. The van der Waals surface area contributed by atoms with Gasteiger partial charge in [-0.25, -0.2) is 0 Å². The lowest BCUT2D eigenvalue weighted by molar-refractivity contribution is -0.123. The van der Waals surface area contributed by atoms with E-state index in [9.17, 15) is 4.79 Å². The molecule has 0 aliphatic carbocycles. The molecule has 1 N–H and O–H groups in total. The molecule has 2 aromatic carbocycles. The zero-order chi connectivity index (χ0) is 19.3. The summed E-state index contributed by atoms with van der Waals surface area (Å²) in [6.45, 7) is 3.94. The predicted molar refractivity (Wildman–Crippen MR) is 112 cm³/mol. The summed E-state index contributed by atoms with van der Waals surface area (Å²) >= 11 is 0. The van der Waals surface area contributed by atoms with Crippen molar-refractivity contribution in [1.29, 1.82) is 0 Å². The highest BCUT2D eigenvalue weighted by Gasteiger charge is 2.26. The smallest absolute Gasteiger partial charge is 0.258 e. The number of carbonyl (C=O) groups excluding carboxylic acids is 1. The number of hydrogen-bond acceptors (Lipinski definition) is 4. The first-order valence-corrected chi connectivity index (χ1v) is 10.2. The Morgan fingerprint density at radius 1 is 1.11 bits per heavy atom. The van der Waals surface area contributed by atoms with E-state index < -0.39 is 0 Å². The van der Waals surface area contributed by atoms with Gasteiger partial charge in [0, 0.05) is 25.8 Å². The number of nitrogens with zero attached hydrogens (tertiary/aromatic N) is 2. The summed E-state index contributed by atoms with van der Waals surface area (Å²) in [5, 5.41) is 3.09. The fourth-order valence-electron chi connectivity index (χ4n) is 4.23. The minimum Gasteiger partial charge on any atom is -0.484 e. The molecular formula is C23H29N3O2. The lowest BCUT2D eigenvalue weighted by atomic mass is 10.0. The van der Waals surface area contributed by atoms with Gasteiger partial charge >= 0.3 is 0 Å². The average molecular weight is 380 g/mol. The molecule has 0 spiro atoms. The number of likely N-dealkylation sites (tertiary alicyclic amines) is 1. The summed E-state index contributed by atoms with van der Waals surface area (Å²) in [5.41, 5.74) is 4.06. The number of nitrogens with one attached hydrogen (secondary N) is 1. The largest absolute Gasteiger partial charge is 0.484 e. The normalized spacial score (nSPS) is 17.4. The maximum Gasteiger partial charge on any atom is 0.258 e. The SMILES string of the molecule is CN1CCc2cc([C@H](CNC(=O)COc3ccccc3)N3CCCC3)ccc21. The van der Waals surface area contributed by atoms with Crippen LogP contribution in [-0.4, -0.2) is 50.6 Å². The van der Waals surface area contributed by atoms with Gasteiger partial charge in [0.25, 0.3) is 5.91 Å². The monoisotopic (exact) mass is 379 g/mol. The fourth-order valence-corrected chi connectivity index (χ4v) is 4.23. The van der Waals surface area contributed by atoms with Crippen LogP contribution in [-0.2, 0) is 11.2 Å². The van der Waals surface area contributed by atoms with Crippen LogP contribution in [0.15, 0.2) is 48.5 Å². The van der Waals surface area contributed by atoms with Crippen LogP contribution >= 0.6 is 0 Å². The minimum absolute atomic E-state index is 0.0473. The van der Waals surface area contributed by atoms with E-state index in [-0.39, 0.29) is 18.6 Å².